The van der Waals surface area contributed by atoms with Gasteiger partial charge in [-0.3, -0.25) is 4.79 Å². The van der Waals surface area contributed by atoms with Gasteiger partial charge in [-0.1, -0.05) is 60.7 Å². The lowest BCUT2D eigenvalue weighted by molar-refractivity contribution is -0.114. The van der Waals surface area contributed by atoms with E-state index in [9.17, 15) is 4.79 Å². The molecule has 0 aliphatic heterocycles. The van der Waals surface area contributed by atoms with Gasteiger partial charge in [-0.2, -0.15) is 0 Å². The second kappa shape index (κ2) is 7.47. The van der Waals surface area contributed by atoms with Gasteiger partial charge in [0.05, 0.1) is 6.54 Å². The van der Waals surface area contributed by atoms with Gasteiger partial charge in [-0.05, 0) is 36.2 Å². The summed E-state index contributed by atoms with van der Waals surface area (Å²) in [5.41, 5.74) is 5.09. The van der Waals surface area contributed by atoms with Crippen molar-refractivity contribution in [3.8, 4) is 11.1 Å². The van der Waals surface area contributed by atoms with E-state index in [0.29, 0.717) is 0 Å². The number of nitrogens with one attached hydrogen (secondary N) is 2. The Hall–Kier alpha value is -3.07. The molecule has 2 N–H and O–H groups in total. The number of hydrogen-bond acceptors (Lipinski definition) is 2. The maximum atomic E-state index is 12.2. The van der Waals surface area contributed by atoms with E-state index in [-0.39, 0.29) is 12.5 Å². The fourth-order valence-corrected chi connectivity index (χ4v) is 2.61. The minimum atomic E-state index is -0.0662. The highest BCUT2D eigenvalue weighted by molar-refractivity contribution is 5.94. The minimum absolute atomic E-state index is 0.0662. The number of carbonyl (C=O) groups excluding carboxylic acids is 1. The smallest absolute Gasteiger partial charge is 0.243 e. The average molecular weight is 316 g/mol. The zero-order chi connectivity index (χ0) is 16.8. The second-order valence-corrected chi connectivity index (χ2v) is 5.68. The van der Waals surface area contributed by atoms with E-state index in [0.717, 1.165) is 28.1 Å². The summed E-state index contributed by atoms with van der Waals surface area (Å²) in [5.74, 6) is -0.0662. The molecular formula is C21H20N2O. The van der Waals surface area contributed by atoms with E-state index >= 15 is 0 Å². The van der Waals surface area contributed by atoms with Crippen LogP contribution >= 0.6 is 0 Å². The highest BCUT2D eigenvalue weighted by Gasteiger charge is 2.06. The molecule has 0 bridgehead atoms. The quantitative estimate of drug-likeness (QED) is 0.715. The van der Waals surface area contributed by atoms with Gasteiger partial charge < -0.3 is 10.6 Å². The van der Waals surface area contributed by atoms with Crippen LogP contribution in [0, 0.1) is 6.92 Å². The monoisotopic (exact) mass is 316 g/mol. The number of amides is 1. The number of anilines is 2. The van der Waals surface area contributed by atoms with Gasteiger partial charge in [0, 0.05) is 16.9 Å². The molecule has 24 heavy (non-hydrogen) atoms. The normalized spacial score (nSPS) is 10.2. The molecule has 1 amide bonds. The molecule has 0 aliphatic rings. The molecule has 3 aromatic rings. The number of aryl methyl sites for hydroxylation is 1. The van der Waals surface area contributed by atoms with Crippen LogP contribution in [0.25, 0.3) is 11.1 Å². The van der Waals surface area contributed by atoms with E-state index in [1.54, 1.807) is 0 Å². The molecule has 3 nitrogen and oxygen atoms in total. The van der Waals surface area contributed by atoms with Crippen LogP contribution in [0.2, 0.25) is 0 Å². The van der Waals surface area contributed by atoms with E-state index in [1.165, 1.54) is 0 Å². The van der Waals surface area contributed by atoms with Crippen LogP contribution in [-0.4, -0.2) is 12.5 Å². The van der Waals surface area contributed by atoms with Gasteiger partial charge in [-0.15, -0.1) is 0 Å². The predicted molar refractivity (Wildman–Crippen MR) is 100 cm³/mol. The number of carbonyl (C=O) groups is 1. The average Bonchev–Trinajstić information content (AvgIpc) is 2.61. The van der Waals surface area contributed by atoms with Crippen molar-refractivity contribution in [1.82, 2.24) is 0 Å². The zero-order valence-corrected chi connectivity index (χ0v) is 13.6. The van der Waals surface area contributed by atoms with Gasteiger partial charge in [0.1, 0.15) is 0 Å². The first-order chi connectivity index (χ1) is 11.7. The predicted octanol–water partition coefficient (Wildman–Crippen LogP) is 4.71. The molecule has 0 spiro atoms. The maximum Gasteiger partial charge on any atom is 0.243 e. The molecule has 0 aliphatic carbocycles. The van der Waals surface area contributed by atoms with Crippen molar-refractivity contribution in [3.05, 3.63) is 84.4 Å². The first-order valence-electron chi connectivity index (χ1n) is 7.97. The third-order valence-corrected chi connectivity index (χ3v) is 3.75. The summed E-state index contributed by atoms with van der Waals surface area (Å²) in [6, 6.07) is 25.9. The first kappa shape index (κ1) is 15.8. The van der Waals surface area contributed by atoms with Gasteiger partial charge in [-0.25, -0.2) is 0 Å². The summed E-state index contributed by atoms with van der Waals surface area (Å²) in [7, 11) is 0. The fraction of sp³-hybridized carbons (Fsp3) is 0.0952. The maximum absolute atomic E-state index is 12.2. The van der Waals surface area contributed by atoms with Crippen LogP contribution in [-0.2, 0) is 4.79 Å². The number of benzene rings is 3. The second-order valence-electron chi connectivity index (χ2n) is 5.68. The van der Waals surface area contributed by atoms with Crippen molar-refractivity contribution in [2.75, 3.05) is 17.2 Å². The van der Waals surface area contributed by atoms with Crippen molar-refractivity contribution in [1.29, 1.82) is 0 Å². The molecule has 120 valence electrons. The van der Waals surface area contributed by atoms with Crippen LogP contribution in [0.4, 0.5) is 11.4 Å². The molecule has 3 heteroatoms. The largest absolute Gasteiger partial charge is 0.376 e. The third-order valence-electron chi connectivity index (χ3n) is 3.75. The van der Waals surface area contributed by atoms with Crippen molar-refractivity contribution in [2.45, 2.75) is 6.92 Å². The summed E-state index contributed by atoms with van der Waals surface area (Å²) in [6.45, 7) is 2.22. The van der Waals surface area contributed by atoms with Crippen LogP contribution < -0.4 is 10.6 Å². The lowest BCUT2D eigenvalue weighted by Crippen LogP contribution is -2.22. The van der Waals surface area contributed by atoms with Crippen LogP contribution in [0.3, 0.4) is 0 Å². The molecule has 0 aromatic heterocycles. The van der Waals surface area contributed by atoms with E-state index in [4.69, 9.17) is 0 Å². The molecule has 0 heterocycles. The Morgan fingerprint density at radius 3 is 2.42 bits per heavy atom. The van der Waals surface area contributed by atoms with Crippen molar-refractivity contribution >= 4 is 17.3 Å². The van der Waals surface area contributed by atoms with Crippen molar-refractivity contribution in [3.63, 3.8) is 0 Å². The van der Waals surface area contributed by atoms with Crippen LogP contribution in [0.5, 0.6) is 0 Å². The first-order valence-corrected chi connectivity index (χ1v) is 7.97. The number of rotatable bonds is 5. The third kappa shape index (κ3) is 4.02. The lowest BCUT2D eigenvalue weighted by atomic mass is 10.0. The minimum Gasteiger partial charge on any atom is -0.376 e. The highest BCUT2D eigenvalue weighted by Crippen LogP contribution is 2.27. The van der Waals surface area contributed by atoms with E-state index < -0.39 is 0 Å². The Labute approximate surface area is 142 Å². The van der Waals surface area contributed by atoms with Gasteiger partial charge in [0.15, 0.2) is 0 Å². The molecule has 0 fully saturated rings. The van der Waals surface area contributed by atoms with Crippen LogP contribution in [0.1, 0.15) is 5.56 Å². The topological polar surface area (TPSA) is 41.1 Å². The molecule has 0 unspecified atom stereocenters. The molecule has 0 radical (unpaired) electrons. The standard InChI is InChI=1S/C21H20N2O/c1-16-8-7-11-18(14-16)23-21(24)15-22-20-13-6-5-12-19(20)17-9-3-2-4-10-17/h2-14,22H,15H2,1H3,(H,23,24). The molecule has 0 saturated carbocycles. The molecule has 0 saturated heterocycles. The Kier molecular flexibility index (Phi) is 4.92. The van der Waals surface area contributed by atoms with Crippen LogP contribution in [0.15, 0.2) is 78.9 Å². The summed E-state index contributed by atoms with van der Waals surface area (Å²) in [6.07, 6.45) is 0. The Morgan fingerprint density at radius 2 is 1.62 bits per heavy atom. The van der Waals surface area contributed by atoms with E-state index in [1.807, 2.05) is 67.6 Å². The number of hydrogen-bond donors (Lipinski definition) is 2. The summed E-state index contributed by atoms with van der Waals surface area (Å²) < 4.78 is 0. The van der Waals surface area contributed by atoms with E-state index in [2.05, 4.69) is 28.8 Å². The number of para-hydroxylation sites is 1. The van der Waals surface area contributed by atoms with Gasteiger partial charge >= 0.3 is 0 Å². The fourth-order valence-electron chi connectivity index (χ4n) is 2.61. The summed E-state index contributed by atoms with van der Waals surface area (Å²) >= 11 is 0. The molecular weight excluding hydrogens is 296 g/mol. The van der Waals surface area contributed by atoms with Crippen molar-refractivity contribution in [2.24, 2.45) is 0 Å². The summed E-state index contributed by atoms with van der Waals surface area (Å²) in [4.78, 5) is 12.2. The zero-order valence-electron chi connectivity index (χ0n) is 13.6. The molecule has 3 rings (SSSR count). The lowest BCUT2D eigenvalue weighted by Gasteiger charge is -2.12. The Morgan fingerprint density at radius 1 is 0.875 bits per heavy atom. The van der Waals surface area contributed by atoms with Gasteiger partial charge in [0.2, 0.25) is 5.91 Å². The Balaban J connectivity index is 1.68. The Bertz CT molecular complexity index is 828. The molecule has 3 aromatic carbocycles. The highest BCUT2D eigenvalue weighted by atomic mass is 16.1. The SMILES string of the molecule is Cc1cccc(NC(=O)CNc2ccccc2-c2ccccc2)c1. The molecule has 0 atom stereocenters. The van der Waals surface area contributed by atoms with Gasteiger partial charge in [0.25, 0.3) is 0 Å². The summed E-state index contributed by atoms with van der Waals surface area (Å²) in [5, 5.41) is 6.15. The van der Waals surface area contributed by atoms with Crippen molar-refractivity contribution < 1.29 is 4.79 Å².